The monoisotopic (exact) mass is 453 g/mol. The number of halogens is 2. The second-order valence-corrected chi connectivity index (χ2v) is 7.24. The first kappa shape index (κ1) is 25.7. The Kier molecular flexibility index (Phi) is 11.8. The molecule has 0 aliphatic heterocycles. The molecule has 1 rings (SSSR count). The lowest BCUT2D eigenvalue weighted by Crippen LogP contribution is -2.37. The predicted octanol–water partition coefficient (Wildman–Crippen LogP) is 3.81. The lowest BCUT2D eigenvalue weighted by Gasteiger charge is -2.17. The summed E-state index contributed by atoms with van der Waals surface area (Å²) in [5.41, 5.74) is 8.29. The standard InChI is InChI=1S/C21H29Cl2N5O2/c1-4-14(2)20(27-13-16-5-6-17(22)18(23)11-16)28-21(29)19(15(3)12-25)26-8-10-30-9-7-24/h5-7,11-12,24,27H,4,8-10,13,25H2,1-3H3,(H,28,29)/b15-12?,20-14-,24-7?,26-19?. The highest BCUT2D eigenvalue weighted by molar-refractivity contribution is 6.45. The fraction of sp³-hybridized carbons (Fsp3) is 0.381. The number of allylic oxidation sites excluding steroid dienone is 1. The zero-order valence-electron chi connectivity index (χ0n) is 17.5. The number of nitrogens with one attached hydrogen (secondary N) is 3. The zero-order chi connectivity index (χ0) is 22.5. The average Bonchev–Trinajstić information content (AvgIpc) is 2.74. The molecule has 0 fully saturated rings. The number of ether oxygens (including phenoxy) is 1. The van der Waals surface area contributed by atoms with Gasteiger partial charge in [-0.3, -0.25) is 9.79 Å². The van der Waals surface area contributed by atoms with Gasteiger partial charge in [0.05, 0.1) is 29.8 Å². The first-order valence-electron chi connectivity index (χ1n) is 9.52. The molecule has 30 heavy (non-hydrogen) atoms. The number of hydrogen-bond donors (Lipinski definition) is 4. The van der Waals surface area contributed by atoms with Gasteiger partial charge in [0.2, 0.25) is 0 Å². The number of hydrogen-bond acceptors (Lipinski definition) is 6. The van der Waals surface area contributed by atoms with E-state index in [0.29, 0.717) is 34.6 Å². The molecule has 0 aliphatic rings. The molecule has 9 heteroatoms. The molecule has 0 aromatic heterocycles. The molecule has 0 saturated heterocycles. The summed E-state index contributed by atoms with van der Waals surface area (Å²) >= 11 is 12.0. The van der Waals surface area contributed by atoms with Gasteiger partial charge in [0.15, 0.2) is 0 Å². The van der Waals surface area contributed by atoms with Crippen LogP contribution < -0.4 is 16.4 Å². The van der Waals surface area contributed by atoms with Crippen LogP contribution in [0.5, 0.6) is 0 Å². The van der Waals surface area contributed by atoms with Crippen molar-refractivity contribution in [2.75, 3.05) is 19.8 Å². The molecule has 0 aliphatic carbocycles. The quantitative estimate of drug-likeness (QED) is 0.284. The van der Waals surface area contributed by atoms with Gasteiger partial charge in [-0.25, -0.2) is 0 Å². The highest BCUT2D eigenvalue weighted by atomic mass is 35.5. The SMILES string of the molecule is CC/C(C)=C(/NCc1ccc(Cl)c(Cl)c1)NC(=O)C(=NCCOCC=N)C(C)=CN. The van der Waals surface area contributed by atoms with Crippen LogP contribution in [0.2, 0.25) is 10.0 Å². The number of benzene rings is 1. The summed E-state index contributed by atoms with van der Waals surface area (Å²) < 4.78 is 5.19. The topological polar surface area (TPSA) is 113 Å². The van der Waals surface area contributed by atoms with E-state index in [1.54, 1.807) is 19.1 Å². The maximum absolute atomic E-state index is 12.9. The summed E-state index contributed by atoms with van der Waals surface area (Å²) in [4.78, 5) is 17.2. The number of nitrogens with zero attached hydrogens (tertiary/aromatic N) is 1. The van der Waals surface area contributed by atoms with Crippen LogP contribution in [0.4, 0.5) is 0 Å². The largest absolute Gasteiger partial charge is 0.404 e. The van der Waals surface area contributed by atoms with Crippen molar-refractivity contribution >= 4 is 41.0 Å². The number of amides is 1. The predicted molar refractivity (Wildman–Crippen MR) is 124 cm³/mol. The highest BCUT2D eigenvalue weighted by Crippen LogP contribution is 2.22. The van der Waals surface area contributed by atoms with E-state index in [0.717, 1.165) is 23.8 Å². The molecule has 0 bridgehead atoms. The lowest BCUT2D eigenvalue weighted by atomic mass is 10.1. The summed E-state index contributed by atoms with van der Waals surface area (Å²) in [5, 5.41) is 14.1. The number of carbonyl (C=O) groups excluding carboxylic acids is 1. The molecule has 7 nitrogen and oxygen atoms in total. The summed E-state index contributed by atoms with van der Waals surface area (Å²) in [5.74, 6) is 0.233. The molecule has 1 amide bonds. The first-order valence-corrected chi connectivity index (χ1v) is 10.3. The minimum absolute atomic E-state index is 0.212. The van der Waals surface area contributed by atoms with Crippen molar-refractivity contribution < 1.29 is 9.53 Å². The van der Waals surface area contributed by atoms with Crippen LogP contribution in [-0.2, 0) is 16.1 Å². The Morgan fingerprint density at radius 3 is 2.63 bits per heavy atom. The Labute approximate surface area is 187 Å². The van der Waals surface area contributed by atoms with E-state index in [2.05, 4.69) is 15.6 Å². The molecule has 5 N–H and O–H groups in total. The van der Waals surface area contributed by atoms with E-state index in [4.69, 9.17) is 39.1 Å². The molecule has 0 radical (unpaired) electrons. The lowest BCUT2D eigenvalue weighted by molar-refractivity contribution is -0.114. The molecule has 1 aromatic rings. The number of carbonyl (C=O) groups is 1. The fourth-order valence-electron chi connectivity index (χ4n) is 2.31. The molecular weight excluding hydrogens is 425 g/mol. The Morgan fingerprint density at radius 1 is 1.30 bits per heavy atom. The molecule has 164 valence electrons. The summed E-state index contributed by atoms with van der Waals surface area (Å²) in [6.45, 7) is 6.91. The molecule has 0 spiro atoms. The molecular formula is C21H29Cl2N5O2. The van der Waals surface area contributed by atoms with Gasteiger partial charge in [-0.15, -0.1) is 0 Å². The van der Waals surface area contributed by atoms with Crippen LogP contribution in [-0.4, -0.2) is 37.6 Å². The smallest absolute Gasteiger partial charge is 0.275 e. The Hall–Kier alpha value is -2.35. The Balaban J connectivity index is 2.92. The number of rotatable bonds is 12. The van der Waals surface area contributed by atoms with Crippen LogP contribution in [0, 0.1) is 5.41 Å². The van der Waals surface area contributed by atoms with Gasteiger partial charge in [-0.1, -0.05) is 36.2 Å². The molecule has 1 aromatic carbocycles. The minimum atomic E-state index is -0.370. The third kappa shape index (κ3) is 8.57. The van der Waals surface area contributed by atoms with Crippen molar-refractivity contribution in [2.45, 2.75) is 33.7 Å². The van der Waals surface area contributed by atoms with Crippen molar-refractivity contribution in [3.05, 3.63) is 57.0 Å². The average molecular weight is 454 g/mol. The molecule has 0 unspecified atom stereocenters. The third-order valence-electron chi connectivity index (χ3n) is 4.19. The van der Waals surface area contributed by atoms with Crippen molar-refractivity contribution in [3.63, 3.8) is 0 Å². The normalized spacial score (nSPS) is 13.0. The van der Waals surface area contributed by atoms with E-state index in [1.807, 2.05) is 19.9 Å². The fourth-order valence-corrected chi connectivity index (χ4v) is 2.63. The van der Waals surface area contributed by atoms with Crippen molar-refractivity contribution in [1.82, 2.24) is 10.6 Å². The highest BCUT2D eigenvalue weighted by Gasteiger charge is 2.16. The molecule has 0 atom stereocenters. The van der Waals surface area contributed by atoms with Crippen LogP contribution in [0.1, 0.15) is 32.8 Å². The van der Waals surface area contributed by atoms with Gasteiger partial charge in [0.1, 0.15) is 11.5 Å². The first-order chi connectivity index (χ1) is 14.3. The van der Waals surface area contributed by atoms with E-state index in [-0.39, 0.29) is 24.8 Å². The maximum atomic E-state index is 12.9. The maximum Gasteiger partial charge on any atom is 0.275 e. The second kappa shape index (κ2) is 13.8. The van der Waals surface area contributed by atoms with Crippen molar-refractivity contribution in [3.8, 4) is 0 Å². The van der Waals surface area contributed by atoms with E-state index in [9.17, 15) is 4.79 Å². The summed E-state index contributed by atoms with van der Waals surface area (Å²) in [6.07, 6.45) is 3.25. The third-order valence-corrected chi connectivity index (χ3v) is 4.93. The second-order valence-electron chi connectivity index (χ2n) is 6.42. The van der Waals surface area contributed by atoms with Gasteiger partial charge >= 0.3 is 0 Å². The van der Waals surface area contributed by atoms with Crippen LogP contribution >= 0.6 is 23.2 Å². The zero-order valence-corrected chi connectivity index (χ0v) is 19.0. The van der Waals surface area contributed by atoms with Crippen LogP contribution in [0.3, 0.4) is 0 Å². The van der Waals surface area contributed by atoms with E-state index >= 15 is 0 Å². The Morgan fingerprint density at radius 2 is 2.03 bits per heavy atom. The van der Waals surface area contributed by atoms with E-state index in [1.165, 1.54) is 6.20 Å². The van der Waals surface area contributed by atoms with Gasteiger partial charge in [-0.05, 0) is 55.3 Å². The Bertz CT molecular complexity index is 835. The summed E-state index contributed by atoms with van der Waals surface area (Å²) in [6, 6.07) is 5.38. The van der Waals surface area contributed by atoms with Gasteiger partial charge < -0.3 is 26.5 Å². The van der Waals surface area contributed by atoms with Crippen molar-refractivity contribution in [1.29, 1.82) is 5.41 Å². The van der Waals surface area contributed by atoms with Crippen LogP contribution in [0.25, 0.3) is 0 Å². The van der Waals surface area contributed by atoms with Gasteiger partial charge in [0, 0.05) is 12.8 Å². The number of nitrogens with two attached hydrogens (primary N) is 1. The minimum Gasteiger partial charge on any atom is -0.404 e. The number of aliphatic imine (C=N–C) groups is 1. The summed E-state index contributed by atoms with van der Waals surface area (Å²) in [7, 11) is 0. The van der Waals surface area contributed by atoms with E-state index < -0.39 is 0 Å². The van der Waals surface area contributed by atoms with Crippen molar-refractivity contribution in [2.24, 2.45) is 10.7 Å². The molecule has 0 heterocycles. The molecule has 0 saturated carbocycles. The van der Waals surface area contributed by atoms with Crippen LogP contribution in [0.15, 0.2) is 46.4 Å². The van der Waals surface area contributed by atoms with Gasteiger partial charge in [0.25, 0.3) is 5.91 Å². The van der Waals surface area contributed by atoms with Gasteiger partial charge in [-0.2, -0.15) is 0 Å².